The van der Waals surface area contributed by atoms with Crippen LogP contribution >= 0.6 is 7.26 Å². The van der Waals surface area contributed by atoms with E-state index in [0.29, 0.717) is 0 Å². The summed E-state index contributed by atoms with van der Waals surface area (Å²) in [6.07, 6.45) is 3.22. The smallest absolute Gasteiger partial charge is 0.0762 e. The van der Waals surface area contributed by atoms with E-state index in [0.717, 1.165) is 0 Å². The van der Waals surface area contributed by atoms with Gasteiger partial charge in [-0.05, 0) is 0 Å². The first-order valence-electron chi connectivity index (χ1n) is 2.47. The monoisotopic (exact) mass is 117 g/mol. The van der Waals surface area contributed by atoms with Gasteiger partial charge in [0.2, 0.25) is 0 Å². The van der Waals surface area contributed by atoms with Gasteiger partial charge in [-0.15, -0.1) is 0 Å². The lowest BCUT2D eigenvalue weighted by Gasteiger charge is -2.06. The molecule has 0 heterocycles. The quantitative estimate of drug-likeness (QED) is 0.383. The van der Waals surface area contributed by atoms with Crippen molar-refractivity contribution in [2.75, 3.05) is 26.2 Å². The molecule has 0 aliphatic heterocycles. The fourth-order valence-electron chi connectivity index (χ4n) is 0.387. The molecule has 0 saturated carbocycles. The SMILES string of the molecule is C=CC[P+](C)(C)C. The minimum Gasteiger partial charge on any atom is -0.0995 e. The third-order valence-corrected chi connectivity index (χ3v) is 2.03. The molecule has 0 aromatic carbocycles. The Morgan fingerprint density at radius 3 is 1.86 bits per heavy atom. The van der Waals surface area contributed by atoms with Gasteiger partial charge < -0.3 is 0 Å². The molecule has 0 radical (unpaired) electrons. The van der Waals surface area contributed by atoms with E-state index in [4.69, 9.17) is 0 Å². The van der Waals surface area contributed by atoms with Crippen molar-refractivity contribution in [2.24, 2.45) is 0 Å². The van der Waals surface area contributed by atoms with Crippen LogP contribution in [0.5, 0.6) is 0 Å². The highest BCUT2D eigenvalue weighted by molar-refractivity contribution is 7.73. The van der Waals surface area contributed by atoms with Crippen molar-refractivity contribution in [3.05, 3.63) is 12.7 Å². The Morgan fingerprint density at radius 2 is 1.86 bits per heavy atom. The highest BCUT2D eigenvalue weighted by Gasteiger charge is 2.12. The van der Waals surface area contributed by atoms with Crippen LogP contribution in [-0.4, -0.2) is 26.2 Å². The molecule has 0 aromatic heterocycles. The molecular weight excluding hydrogens is 103 g/mol. The average molecular weight is 117 g/mol. The Labute approximate surface area is 47.0 Å². The fraction of sp³-hybridized carbons (Fsp3) is 0.667. The topological polar surface area (TPSA) is 0 Å². The normalized spacial score (nSPS) is 11.3. The molecule has 0 aromatic rings. The molecule has 42 valence electrons. The molecule has 0 amide bonds. The summed E-state index contributed by atoms with van der Waals surface area (Å²) in [7, 11) is -0.534. The van der Waals surface area contributed by atoms with Gasteiger partial charge in [0.1, 0.15) is 0 Å². The van der Waals surface area contributed by atoms with Crippen LogP contribution in [0, 0.1) is 0 Å². The number of hydrogen-bond acceptors (Lipinski definition) is 0. The number of allylic oxidation sites excluding steroid dienone is 1. The standard InChI is InChI=1S/C6H14P/c1-5-6-7(2,3)4/h5H,1,6H2,2-4H3/q+1. The van der Waals surface area contributed by atoms with Gasteiger partial charge >= 0.3 is 0 Å². The highest BCUT2D eigenvalue weighted by Crippen LogP contribution is 2.45. The van der Waals surface area contributed by atoms with Crippen LogP contribution in [0.15, 0.2) is 12.7 Å². The summed E-state index contributed by atoms with van der Waals surface area (Å²) in [6.45, 7) is 10.6. The van der Waals surface area contributed by atoms with Crippen molar-refractivity contribution in [1.29, 1.82) is 0 Å². The van der Waals surface area contributed by atoms with Gasteiger partial charge in [-0.1, -0.05) is 12.7 Å². The molecule has 0 spiro atoms. The average Bonchev–Trinajstić information content (AvgIpc) is 1.30. The maximum Gasteiger partial charge on any atom is 0.0762 e. The van der Waals surface area contributed by atoms with Gasteiger partial charge in [0.15, 0.2) is 0 Å². The van der Waals surface area contributed by atoms with Crippen LogP contribution in [0.2, 0.25) is 0 Å². The van der Waals surface area contributed by atoms with E-state index in [1.54, 1.807) is 0 Å². The number of rotatable bonds is 2. The molecule has 0 bridgehead atoms. The summed E-state index contributed by atoms with van der Waals surface area (Å²) in [5, 5.41) is 0. The lowest BCUT2D eigenvalue weighted by Crippen LogP contribution is -1.86. The Balaban J connectivity index is 3.34. The second kappa shape index (κ2) is 2.47. The lowest BCUT2D eigenvalue weighted by molar-refractivity contribution is 1.69. The lowest BCUT2D eigenvalue weighted by atomic mass is 10.8. The summed E-state index contributed by atoms with van der Waals surface area (Å²) in [4.78, 5) is 0. The molecule has 0 N–H and O–H groups in total. The highest BCUT2D eigenvalue weighted by atomic mass is 31.2. The van der Waals surface area contributed by atoms with Gasteiger partial charge in [-0.2, -0.15) is 0 Å². The van der Waals surface area contributed by atoms with Crippen LogP contribution in [0.3, 0.4) is 0 Å². The van der Waals surface area contributed by atoms with Crippen LogP contribution in [0.25, 0.3) is 0 Å². The zero-order valence-electron chi connectivity index (χ0n) is 5.44. The fourth-order valence-corrected chi connectivity index (χ4v) is 1.16. The minimum atomic E-state index is -0.534. The van der Waals surface area contributed by atoms with Gasteiger partial charge in [-0.25, -0.2) is 0 Å². The predicted molar refractivity (Wildman–Crippen MR) is 39.8 cm³/mol. The molecule has 0 unspecified atom stereocenters. The second-order valence-corrected chi connectivity index (χ2v) is 7.71. The van der Waals surface area contributed by atoms with Crippen LogP contribution < -0.4 is 0 Å². The van der Waals surface area contributed by atoms with E-state index >= 15 is 0 Å². The molecule has 0 rings (SSSR count). The third-order valence-electron chi connectivity index (χ3n) is 0.677. The van der Waals surface area contributed by atoms with Crippen molar-refractivity contribution < 1.29 is 0 Å². The first-order chi connectivity index (χ1) is 3.06. The minimum absolute atomic E-state index is 0.534. The van der Waals surface area contributed by atoms with E-state index in [1.165, 1.54) is 6.16 Å². The molecule has 0 aliphatic rings. The van der Waals surface area contributed by atoms with E-state index in [1.807, 2.05) is 6.08 Å². The molecule has 0 atom stereocenters. The van der Waals surface area contributed by atoms with E-state index in [-0.39, 0.29) is 0 Å². The van der Waals surface area contributed by atoms with E-state index in [2.05, 4.69) is 26.6 Å². The van der Waals surface area contributed by atoms with E-state index in [9.17, 15) is 0 Å². The molecule has 0 nitrogen and oxygen atoms in total. The van der Waals surface area contributed by atoms with Crippen molar-refractivity contribution in [2.45, 2.75) is 0 Å². The van der Waals surface area contributed by atoms with Crippen LogP contribution in [0.1, 0.15) is 0 Å². The molecule has 7 heavy (non-hydrogen) atoms. The van der Waals surface area contributed by atoms with Gasteiger partial charge in [0, 0.05) is 27.3 Å². The van der Waals surface area contributed by atoms with Crippen molar-refractivity contribution in [3.63, 3.8) is 0 Å². The van der Waals surface area contributed by atoms with E-state index < -0.39 is 7.26 Å². The van der Waals surface area contributed by atoms with Gasteiger partial charge in [0.25, 0.3) is 0 Å². The number of hydrogen-bond donors (Lipinski definition) is 0. The molecule has 1 heteroatoms. The molecule has 0 saturated heterocycles. The van der Waals surface area contributed by atoms with Crippen molar-refractivity contribution >= 4 is 7.26 Å². The maximum atomic E-state index is 3.67. The Kier molecular flexibility index (Phi) is 2.53. The van der Waals surface area contributed by atoms with Crippen molar-refractivity contribution in [3.8, 4) is 0 Å². The predicted octanol–water partition coefficient (Wildman–Crippen LogP) is 2.08. The first kappa shape index (κ1) is 7.17. The Bertz CT molecular complexity index is 59.1. The largest absolute Gasteiger partial charge is 0.0995 e. The van der Waals surface area contributed by atoms with Crippen LogP contribution in [0.4, 0.5) is 0 Å². The summed E-state index contributed by atoms with van der Waals surface area (Å²) in [6, 6.07) is 0. The summed E-state index contributed by atoms with van der Waals surface area (Å²) in [5.41, 5.74) is 0. The third kappa shape index (κ3) is 6.17. The second-order valence-electron chi connectivity index (χ2n) is 2.76. The molecular formula is C6H14P+. The molecule has 0 aliphatic carbocycles. The first-order valence-corrected chi connectivity index (χ1v) is 5.79. The summed E-state index contributed by atoms with van der Waals surface area (Å²) < 4.78 is 0. The zero-order chi connectivity index (χ0) is 5.91. The summed E-state index contributed by atoms with van der Waals surface area (Å²) >= 11 is 0. The van der Waals surface area contributed by atoms with Crippen molar-refractivity contribution in [1.82, 2.24) is 0 Å². The summed E-state index contributed by atoms with van der Waals surface area (Å²) in [5.74, 6) is 0. The molecule has 0 fully saturated rings. The van der Waals surface area contributed by atoms with Gasteiger partial charge in [0.05, 0.1) is 6.16 Å². The van der Waals surface area contributed by atoms with Crippen LogP contribution in [-0.2, 0) is 0 Å². The Hall–Kier alpha value is 0.170. The Morgan fingerprint density at radius 1 is 1.43 bits per heavy atom. The maximum absolute atomic E-state index is 3.67. The van der Waals surface area contributed by atoms with Gasteiger partial charge in [-0.3, -0.25) is 0 Å². The zero-order valence-corrected chi connectivity index (χ0v) is 6.33.